The van der Waals surface area contributed by atoms with Crippen molar-refractivity contribution in [2.75, 3.05) is 19.8 Å². The van der Waals surface area contributed by atoms with Crippen LogP contribution in [0, 0.1) is 0 Å². The van der Waals surface area contributed by atoms with Gasteiger partial charge in [0.15, 0.2) is 26.6 Å². The van der Waals surface area contributed by atoms with Gasteiger partial charge in [0.1, 0.15) is 43.2 Å². The zero-order chi connectivity index (χ0) is 38.6. The second-order valence-electron chi connectivity index (χ2n) is 14.5. The first-order chi connectivity index (χ1) is 23.9. The Morgan fingerprint density at radius 3 is 1.94 bits per heavy atom. The van der Waals surface area contributed by atoms with E-state index in [1.165, 1.54) is 12.4 Å². The first kappa shape index (κ1) is 41.5. The second-order valence-corrected chi connectivity index (χ2v) is 23.4. The van der Waals surface area contributed by atoms with Crippen LogP contribution in [0.15, 0.2) is 43.7 Å². The van der Waals surface area contributed by atoms with Gasteiger partial charge in [0.2, 0.25) is 3.79 Å². The number of halogens is 3. The van der Waals surface area contributed by atoms with E-state index in [2.05, 4.69) is 9.97 Å². The van der Waals surface area contributed by atoms with Crippen molar-refractivity contribution in [3.8, 4) is 0 Å². The number of alkyl halides is 3. The van der Waals surface area contributed by atoms with Crippen LogP contribution in [0.3, 0.4) is 0 Å². The molecule has 0 aliphatic carbocycles. The summed E-state index contributed by atoms with van der Waals surface area (Å²) in [5.41, 5.74) is -2.89. The van der Waals surface area contributed by atoms with Gasteiger partial charge in [0.25, 0.3) is 11.1 Å². The molecule has 0 saturated carbocycles. The summed E-state index contributed by atoms with van der Waals surface area (Å²) in [6, 6.07) is 2.24. The lowest BCUT2D eigenvalue weighted by Gasteiger charge is -2.40. The first-order valence-corrected chi connectivity index (χ1v) is 21.7. The molecule has 2 aromatic heterocycles. The van der Waals surface area contributed by atoms with E-state index >= 15 is 0 Å². The molecule has 3 N–H and O–H groups in total. The van der Waals surface area contributed by atoms with Gasteiger partial charge < -0.3 is 28.5 Å². The zero-order valence-electron chi connectivity index (χ0n) is 29.3. The molecule has 9 atom stereocenters. The quantitative estimate of drug-likeness (QED) is 0.159. The number of hydrogen-bond donors (Lipinski definition) is 3. The number of nitrogens with zero attached hydrogens (tertiary/aromatic N) is 2. The Labute approximate surface area is 313 Å². The van der Waals surface area contributed by atoms with E-state index in [-0.39, 0.29) is 5.04 Å². The van der Waals surface area contributed by atoms with E-state index in [9.17, 15) is 28.8 Å². The molecule has 3 saturated heterocycles. The molecule has 18 nitrogen and oxygen atoms in total. The number of fused-ring (bicyclic) bond motifs is 1. The molecule has 0 amide bonds. The molecule has 23 heteroatoms. The number of hydrogen-bond acceptors (Lipinski definition) is 14. The van der Waals surface area contributed by atoms with Gasteiger partial charge in [-0.15, -0.1) is 0 Å². The van der Waals surface area contributed by atoms with Crippen molar-refractivity contribution in [1.82, 2.24) is 19.1 Å². The van der Waals surface area contributed by atoms with Crippen LogP contribution in [-0.4, -0.2) is 98.6 Å². The van der Waals surface area contributed by atoms with Crippen molar-refractivity contribution >= 4 is 50.9 Å². The molecule has 2 aromatic rings. The molecule has 0 aromatic carbocycles. The highest BCUT2D eigenvalue weighted by Crippen LogP contribution is 2.56. The Kier molecular flexibility index (Phi) is 12.0. The fourth-order valence-electron chi connectivity index (χ4n) is 5.69. The lowest BCUT2D eigenvalue weighted by atomic mass is 10.1. The topological polar surface area (TPSA) is 221 Å². The summed E-state index contributed by atoms with van der Waals surface area (Å²) in [5, 5.41) is 10.1. The number of aromatic amines is 2. The van der Waals surface area contributed by atoms with Crippen LogP contribution < -0.4 is 22.5 Å². The highest BCUT2D eigenvalue weighted by Gasteiger charge is 2.58. The third-order valence-electron chi connectivity index (χ3n) is 9.11. The van der Waals surface area contributed by atoms with Crippen LogP contribution in [0.4, 0.5) is 0 Å². The standard InChI is InChI=1S/C29H42Cl3N4O14PSi/c1-27(2,3)52(6,7)50-22-20(15(12-37)45-24(22)36-11-9-18(39)34-26(36)41)49-51(42,44-14-29(30,31)32)43-13-16-19-21(48-28(4,5)47-19)23(46-16)35-10-8-17(38)33-25(35)40/h8-11,15-16,19-24,37H,12-14H2,1-7H3,(H,33,38,40)(H,34,39,41)/t15-,16-,19-,20-,21-,22-,23-,24-,51?/m1/s1. The van der Waals surface area contributed by atoms with Crippen LogP contribution >= 0.6 is 42.6 Å². The SMILES string of the molecule is CC1(C)O[C@@H]2[C@H](O1)[C@@H](COP(=O)(OCC(Cl)(Cl)Cl)O[C@H]1[C@@H](O[Si](C)(C)C(C)(C)C)[C@H](n3ccc(=O)[nH]c3=O)O[C@@H]1CO)O[C@H]2n1ccc(=O)[nH]c1=O. The van der Waals surface area contributed by atoms with Crippen LogP contribution in [0.2, 0.25) is 18.1 Å². The predicted molar refractivity (Wildman–Crippen MR) is 188 cm³/mol. The summed E-state index contributed by atoms with van der Waals surface area (Å²) in [6.07, 6.45) is -6.72. The molecule has 52 heavy (non-hydrogen) atoms. The van der Waals surface area contributed by atoms with E-state index < -0.39 is 117 Å². The number of H-pyrrole nitrogens is 2. The van der Waals surface area contributed by atoms with Crippen molar-refractivity contribution in [3.05, 3.63) is 66.2 Å². The van der Waals surface area contributed by atoms with Crippen LogP contribution in [-0.2, 0) is 41.5 Å². The monoisotopic (exact) mass is 834 g/mol. The van der Waals surface area contributed by atoms with Crippen LogP contribution in [0.1, 0.15) is 47.1 Å². The van der Waals surface area contributed by atoms with Crippen molar-refractivity contribution in [2.45, 2.75) is 111 Å². The van der Waals surface area contributed by atoms with Gasteiger partial charge in [-0.05, 0) is 32.0 Å². The van der Waals surface area contributed by atoms with Gasteiger partial charge in [0.05, 0.1) is 13.2 Å². The molecule has 3 aliphatic heterocycles. The molecule has 3 fully saturated rings. The number of aromatic nitrogens is 4. The summed E-state index contributed by atoms with van der Waals surface area (Å²) < 4.78 is 63.1. The highest BCUT2D eigenvalue weighted by atomic mass is 35.6. The van der Waals surface area contributed by atoms with E-state index in [0.717, 1.165) is 21.3 Å². The van der Waals surface area contributed by atoms with Gasteiger partial charge in [-0.3, -0.25) is 42.3 Å². The number of aliphatic hydroxyl groups excluding tert-OH is 1. The van der Waals surface area contributed by atoms with E-state index in [0.29, 0.717) is 0 Å². The Hall–Kier alpha value is -1.68. The molecule has 5 heterocycles. The Morgan fingerprint density at radius 1 is 0.885 bits per heavy atom. The largest absolute Gasteiger partial charge is 0.475 e. The molecule has 0 bridgehead atoms. The molecular weight excluding hydrogens is 794 g/mol. The van der Waals surface area contributed by atoms with Gasteiger partial charge in [-0.25, -0.2) is 14.2 Å². The first-order valence-electron chi connectivity index (χ1n) is 16.1. The van der Waals surface area contributed by atoms with Gasteiger partial charge in [-0.2, -0.15) is 0 Å². The second kappa shape index (κ2) is 15.1. The summed E-state index contributed by atoms with van der Waals surface area (Å²) in [7, 11) is -7.63. The number of phosphoric ester groups is 1. The number of aliphatic hydroxyl groups is 1. The maximum atomic E-state index is 14.6. The lowest BCUT2D eigenvalue weighted by Crippen LogP contribution is -2.50. The molecule has 0 spiro atoms. The molecule has 1 unspecified atom stereocenters. The average Bonchev–Trinajstić information content (AvgIpc) is 3.62. The lowest BCUT2D eigenvalue weighted by molar-refractivity contribution is -0.200. The van der Waals surface area contributed by atoms with E-state index in [1.54, 1.807) is 13.8 Å². The highest BCUT2D eigenvalue weighted by molar-refractivity contribution is 7.48. The summed E-state index contributed by atoms with van der Waals surface area (Å²) in [6.45, 7) is 11.0. The fourth-order valence-corrected chi connectivity index (χ4v) is 8.79. The molecule has 292 valence electrons. The minimum Gasteiger partial charge on any atom is -0.407 e. The number of nitrogens with one attached hydrogen (secondary N) is 2. The van der Waals surface area contributed by atoms with Crippen molar-refractivity contribution in [1.29, 1.82) is 0 Å². The van der Waals surface area contributed by atoms with Crippen molar-refractivity contribution < 1.29 is 46.6 Å². The average molecular weight is 836 g/mol. The fraction of sp³-hybridized carbons (Fsp3) is 0.724. The minimum atomic E-state index is -4.87. The minimum absolute atomic E-state index is 0.390. The number of rotatable bonds is 12. The summed E-state index contributed by atoms with van der Waals surface area (Å²) in [5.74, 6) is -1.13. The van der Waals surface area contributed by atoms with Crippen molar-refractivity contribution in [2.24, 2.45) is 0 Å². The Balaban J connectivity index is 1.48. The molecule has 5 rings (SSSR count). The summed E-state index contributed by atoms with van der Waals surface area (Å²) >= 11 is 17.9. The van der Waals surface area contributed by atoms with E-state index in [1.807, 2.05) is 33.9 Å². The maximum Gasteiger partial charge on any atom is 0.475 e. The predicted octanol–water partition coefficient (Wildman–Crippen LogP) is 2.68. The van der Waals surface area contributed by atoms with Gasteiger partial charge in [0, 0.05) is 24.5 Å². The van der Waals surface area contributed by atoms with Crippen LogP contribution in [0.5, 0.6) is 0 Å². The van der Waals surface area contributed by atoms with E-state index in [4.69, 9.17) is 71.7 Å². The third-order valence-corrected chi connectivity index (χ3v) is 15.3. The molecule has 3 aliphatic rings. The number of ether oxygens (including phenoxy) is 4. The zero-order valence-corrected chi connectivity index (χ0v) is 33.4. The van der Waals surface area contributed by atoms with Crippen molar-refractivity contribution in [3.63, 3.8) is 0 Å². The molecular formula is C29H42Cl3N4O14PSi. The smallest absolute Gasteiger partial charge is 0.407 e. The normalized spacial score (nSPS) is 30.4. The van der Waals surface area contributed by atoms with Gasteiger partial charge in [-0.1, -0.05) is 55.6 Å². The van der Waals surface area contributed by atoms with Gasteiger partial charge >= 0.3 is 19.2 Å². The third kappa shape index (κ3) is 9.22. The Bertz CT molecular complexity index is 1890. The Morgan fingerprint density at radius 2 is 1.42 bits per heavy atom. The summed E-state index contributed by atoms with van der Waals surface area (Å²) in [4.78, 5) is 53.6. The van der Waals surface area contributed by atoms with Crippen LogP contribution in [0.25, 0.3) is 0 Å². The molecule has 0 radical (unpaired) electrons. The number of phosphoric acid groups is 1. The maximum absolute atomic E-state index is 14.6.